The number of benzene rings is 1. The molecule has 2 rings (SSSR count). The number of nitrogens with two attached hydrogens (primary N) is 1. The molecule has 0 aliphatic heterocycles. The Morgan fingerprint density at radius 3 is 2.67 bits per heavy atom. The zero-order valence-corrected chi connectivity index (χ0v) is 12.6. The molecule has 21 heavy (non-hydrogen) atoms. The molecular weight excluding hydrogens is 271 g/mol. The Balaban J connectivity index is 1.92. The molecule has 116 valence electrons. The minimum absolute atomic E-state index is 0.101. The Morgan fingerprint density at radius 1 is 1.43 bits per heavy atom. The zero-order chi connectivity index (χ0) is 15.5. The second kappa shape index (κ2) is 6.43. The second-order valence-corrected chi connectivity index (χ2v) is 6.47. The largest absolute Gasteiger partial charge is 0.409 e. The maximum atomic E-state index is 14.0. The molecule has 1 aliphatic rings. The van der Waals surface area contributed by atoms with Gasteiger partial charge in [0.1, 0.15) is 5.82 Å². The van der Waals surface area contributed by atoms with Gasteiger partial charge in [0.05, 0.1) is 12.7 Å². The lowest BCUT2D eigenvalue weighted by Gasteiger charge is -2.34. The highest BCUT2D eigenvalue weighted by molar-refractivity contribution is 5.97. The molecule has 5 heteroatoms. The lowest BCUT2D eigenvalue weighted by atomic mass is 9.76. The van der Waals surface area contributed by atoms with Crippen LogP contribution in [0.5, 0.6) is 0 Å². The lowest BCUT2D eigenvalue weighted by Crippen LogP contribution is -2.26. The fourth-order valence-electron chi connectivity index (χ4n) is 2.63. The fraction of sp³-hybridized carbons (Fsp3) is 0.562. The average Bonchev–Trinajstić information content (AvgIpc) is 2.46. The first kappa shape index (κ1) is 15.8. The monoisotopic (exact) mass is 294 g/mol. The van der Waals surface area contributed by atoms with Gasteiger partial charge in [0.25, 0.3) is 0 Å². The van der Waals surface area contributed by atoms with Crippen molar-refractivity contribution in [3.63, 3.8) is 0 Å². The van der Waals surface area contributed by atoms with Gasteiger partial charge in [-0.3, -0.25) is 0 Å². The molecule has 0 atom stereocenters. The van der Waals surface area contributed by atoms with Gasteiger partial charge in [-0.2, -0.15) is 0 Å². The van der Waals surface area contributed by atoms with Crippen LogP contribution in [0, 0.1) is 11.2 Å². The average molecular weight is 294 g/mol. The lowest BCUT2D eigenvalue weighted by molar-refractivity contribution is -0.00659. The maximum absolute atomic E-state index is 14.0. The maximum Gasteiger partial charge on any atom is 0.170 e. The van der Waals surface area contributed by atoms with Gasteiger partial charge in [-0.05, 0) is 37.2 Å². The van der Waals surface area contributed by atoms with Crippen molar-refractivity contribution >= 4 is 5.84 Å². The van der Waals surface area contributed by atoms with E-state index in [0.717, 1.165) is 25.7 Å². The number of hydrogen-bond acceptors (Lipinski definition) is 3. The Hall–Kier alpha value is -1.62. The van der Waals surface area contributed by atoms with Crippen molar-refractivity contribution in [2.45, 2.75) is 52.2 Å². The normalized spacial score (nSPS) is 19.7. The minimum Gasteiger partial charge on any atom is -0.409 e. The van der Waals surface area contributed by atoms with Gasteiger partial charge in [-0.1, -0.05) is 31.1 Å². The third-order valence-electron chi connectivity index (χ3n) is 4.22. The Kier molecular flexibility index (Phi) is 4.83. The summed E-state index contributed by atoms with van der Waals surface area (Å²) in [5, 5.41) is 11.4. The van der Waals surface area contributed by atoms with Crippen molar-refractivity contribution in [3.8, 4) is 0 Å². The fourth-order valence-corrected chi connectivity index (χ4v) is 2.63. The Bertz CT molecular complexity index is 519. The van der Waals surface area contributed by atoms with Crippen LogP contribution in [0.1, 0.15) is 50.7 Å². The highest BCUT2D eigenvalue weighted by Gasteiger charge is 2.27. The van der Waals surface area contributed by atoms with Gasteiger partial charge in [0.2, 0.25) is 0 Å². The molecule has 0 heterocycles. The van der Waals surface area contributed by atoms with E-state index in [2.05, 4.69) is 19.0 Å². The number of hydrogen-bond donors (Lipinski definition) is 2. The van der Waals surface area contributed by atoms with E-state index in [-0.39, 0.29) is 18.5 Å². The van der Waals surface area contributed by atoms with E-state index >= 15 is 0 Å². The van der Waals surface area contributed by atoms with E-state index in [9.17, 15) is 4.39 Å². The molecule has 0 saturated heterocycles. The van der Waals surface area contributed by atoms with Crippen LogP contribution in [-0.4, -0.2) is 17.1 Å². The summed E-state index contributed by atoms with van der Waals surface area (Å²) in [6, 6.07) is 4.51. The molecule has 1 aliphatic carbocycles. The summed E-state index contributed by atoms with van der Waals surface area (Å²) < 4.78 is 19.8. The molecule has 3 N–H and O–H groups in total. The molecule has 0 spiro atoms. The summed E-state index contributed by atoms with van der Waals surface area (Å²) in [5.41, 5.74) is 6.68. The van der Waals surface area contributed by atoms with E-state index in [1.54, 1.807) is 12.1 Å². The first-order valence-electron chi connectivity index (χ1n) is 7.29. The number of halogens is 1. The standard InChI is InChI=1S/C16H23FN2O2/c1-16(2)7-5-13(6-8-16)21-10-12-4-3-11(9-14(12)17)15(18)19-20/h3-4,9,13,20H,5-8,10H2,1-2H3,(H2,18,19). The number of amidine groups is 1. The summed E-state index contributed by atoms with van der Waals surface area (Å²) >= 11 is 0. The van der Waals surface area contributed by atoms with Gasteiger partial charge in [0, 0.05) is 11.1 Å². The van der Waals surface area contributed by atoms with Gasteiger partial charge in [-0.15, -0.1) is 0 Å². The van der Waals surface area contributed by atoms with Crippen LogP contribution in [0.4, 0.5) is 4.39 Å². The molecule has 1 saturated carbocycles. The van der Waals surface area contributed by atoms with Crippen molar-refractivity contribution in [2.75, 3.05) is 0 Å². The first-order valence-corrected chi connectivity index (χ1v) is 7.29. The molecule has 0 unspecified atom stereocenters. The summed E-state index contributed by atoms with van der Waals surface area (Å²) in [4.78, 5) is 0. The second-order valence-electron chi connectivity index (χ2n) is 6.47. The van der Waals surface area contributed by atoms with Gasteiger partial charge >= 0.3 is 0 Å². The molecule has 1 aromatic carbocycles. The molecule has 1 aromatic rings. The van der Waals surface area contributed by atoms with E-state index in [1.807, 2.05) is 0 Å². The van der Waals surface area contributed by atoms with E-state index < -0.39 is 5.82 Å². The van der Waals surface area contributed by atoms with Crippen LogP contribution < -0.4 is 5.73 Å². The summed E-state index contributed by atoms with van der Waals surface area (Å²) in [6.07, 6.45) is 4.54. The highest BCUT2D eigenvalue weighted by atomic mass is 19.1. The van der Waals surface area contributed by atoms with Crippen LogP contribution in [0.2, 0.25) is 0 Å². The molecule has 0 amide bonds. The summed E-state index contributed by atoms with van der Waals surface area (Å²) in [6.45, 7) is 4.80. The number of oxime groups is 1. The van der Waals surface area contributed by atoms with Crippen LogP contribution in [0.25, 0.3) is 0 Å². The van der Waals surface area contributed by atoms with E-state index in [4.69, 9.17) is 15.7 Å². The predicted octanol–water partition coefficient (Wildman–Crippen LogP) is 3.41. The van der Waals surface area contributed by atoms with Crippen molar-refractivity contribution in [2.24, 2.45) is 16.3 Å². The Labute approximate surface area is 124 Å². The molecule has 0 bridgehead atoms. The van der Waals surface area contributed by atoms with Crippen molar-refractivity contribution < 1.29 is 14.3 Å². The minimum atomic E-state index is -0.393. The quantitative estimate of drug-likeness (QED) is 0.387. The third kappa shape index (κ3) is 4.17. The first-order chi connectivity index (χ1) is 9.91. The molecule has 4 nitrogen and oxygen atoms in total. The third-order valence-corrected chi connectivity index (χ3v) is 4.22. The topological polar surface area (TPSA) is 67.8 Å². The number of nitrogens with zero attached hydrogens (tertiary/aromatic N) is 1. The molecular formula is C16H23FN2O2. The van der Waals surface area contributed by atoms with Crippen LogP contribution in [0.15, 0.2) is 23.4 Å². The number of ether oxygens (including phenoxy) is 1. The van der Waals surface area contributed by atoms with Crippen molar-refractivity contribution in [1.29, 1.82) is 0 Å². The van der Waals surface area contributed by atoms with E-state index in [0.29, 0.717) is 16.5 Å². The highest BCUT2D eigenvalue weighted by Crippen LogP contribution is 2.36. The summed E-state index contributed by atoms with van der Waals surface area (Å²) in [7, 11) is 0. The van der Waals surface area contributed by atoms with Crippen LogP contribution in [-0.2, 0) is 11.3 Å². The van der Waals surface area contributed by atoms with Gasteiger partial charge < -0.3 is 15.7 Å². The van der Waals surface area contributed by atoms with Crippen molar-refractivity contribution in [1.82, 2.24) is 0 Å². The molecule has 0 radical (unpaired) electrons. The SMILES string of the molecule is CC1(C)CCC(OCc2ccc(/C(N)=N/O)cc2F)CC1. The van der Waals surface area contributed by atoms with Crippen molar-refractivity contribution in [3.05, 3.63) is 35.1 Å². The van der Waals surface area contributed by atoms with E-state index in [1.165, 1.54) is 6.07 Å². The number of rotatable bonds is 4. The smallest absolute Gasteiger partial charge is 0.170 e. The molecule has 1 fully saturated rings. The zero-order valence-electron chi connectivity index (χ0n) is 12.6. The van der Waals surface area contributed by atoms with Gasteiger partial charge in [-0.25, -0.2) is 4.39 Å². The Morgan fingerprint density at radius 2 is 2.10 bits per heavy atom. The van der Waals surface area contributed by atoms with Crippen LogP contribution in [0.3, 0.4) is 0 Å². The summed E-state index contributed by atoms with van der Waals surface area (Å²) in [5.74, 6) is -0.494. The van der Waals surface area contributed by atoms with Gasteiger partial charge in [0.15, 0.2) is 5.84 Å². The predicted molar refractivity (Wildman–Crippen MR) is 79.7 cm³/mol. The molecule has 0 aromatic heterocycles. The van der Waals surface area contributed by atoms with Crippen LogP contribution >= 0.6 is 0 Å².